The summed E-state index contributed by atoms with van der Waals surface area (Å²) in [5.74, 6) is 0.901. The van der Waals surface area contributed by atoms with Gasteiger partial charge >= 0.3 is 0 Å². The second-order valence-corrected chi connectivity index (χ2v) is 6.86. The highest BCUT2D eigenvalue weighted by Crippen LogP contribution is 2.34. The summed E-state index contributed by atoms with van der Waals surface area (Å²) in [4.78, 5) is 0.325. The molecule has 1 atom stereocenters. The molecule has 3 rings (SSSR count). The van der Waals surface area contributed by atoms with E-state index in [1.54, 1.807) is 24.3 Å². The van der Waals surface area contributed by atoms with E-state index in [1.807, 2.05) is 24.3 Å². The van der Waals surface area contributed by atoms with Crippen LogP contribution in [0.4, 0.5) is 5.69 Å². The van der Waals surface area contributed by atoms with Crippen molar-refractivity contribution in [2.75, 3.05) is 18.2 Å². The Labute approximate surface area is 118 Å². The lowest BCUT2D eigenvalue weighted by Gasteiger charge is -2.13. The van der Waals surface area contributed by atoms with Gasteiger partial charge in [-0.3, -0.25) is 0 Å². The van der Waals surface area contributed by atoms with Crippen LogP contribution < -0.4 is 10.1 Å². The number of anilines is 1. The minimum Gasteiger partial charge on any atom is -0.491 e. The fourth-order valence-corrected chi connectivity index (χ4v) is 2.91. The van der Waals surface area contributed by atoms with E-state index < -0.39 is 9.84 Å². The molecule has 0 bridgehead atoms. The summed E-state index contributed by atoms with van der Waals surface area (Å²) in [5.41, 5.74) is 2.00. The molecular formula is C15H15NO3S. The Hall–Kier alpha value is -2.01. The van der Waals surface area contributed by atoms with Crippen molar-refractivity contribution in [1.29, 1.82) is 0 Å². The van der Waals surface area contributed by atoms with Gasteiger partial charge in [0.25, 0.3) is 0 Å². The Morgan fingerprint density at radius 2 is 1.80 bits per heavy atom. The highest BCUT2D eigenvalue weighted by Gasteiger charge is 2.23. The third-order valence-electron chi connectivity index (χ3n) is 3.32. The van der Waals surface area contributed by atoms with Crippen LogP contribution in [0.25, 0.3) is 0 Å². The molecule has 0 aromatic heterocycles. The molecule has 0 aliphatic carbocycles. The number of benzene rings is 2. The first-order chi connectivity index (χ1) is 9.54. The van der Waals surface area contributed by atoms with E-state index in [4.69, 9.17) is 4.74 Å². The molecule has 20 heavy (non-hydrogen) atoms. The zero-order valence-electron chi connectivity index (χ0n) is 11.0. The maximum absolute atomic E-state index is 11.4. The zero-order chi connectivity index (χ0) is 14.2. The van der Waals surface area contributed by atoms with Crippen molar-refractivity contribution in [3.05, 3.63) is 54.1 Å². The number of hydrogen-bond donors (Lipinski definition) is 1. The van der Waals surface area contributed by atoms with Crippen LogP contribution in [0.2, 0.25) is 0 Å². The number of nitrogens with one attached hydrogen (secondary N) is 1. The normalized spacial score (nSPS) is 17.4. The summed E-state index contributed by atoms with van der Waals surface area (Å²) in [5, 5.41) is 3.36. The molecule has 0 radical (unpaired) electrons. The zero-order valence-corrected chi connectivity index (χ0v) is 11.9. The third kappa shape index (κ3) is 2.49. The van der Waals surface area contributed by atoms with Crippen molar-refractivity contribution in [2.24, 2.45) is 0 Å². The average molecular weight is 289 g/mol. The lowest BCUT2D eigenvalue weighted by atomic mass is 10.1. The molecule has 1 unspecified atom stereocenters. The fraction of sp³-hybridized carbons (Fsp3) is 0.200. The molecule has 2 aromatic carbocycles. The van der Waals surface area contributed by atoms with Gasteiger partial charge in [0.15, 0.2) is 9.84 Å². The highest BCUT2D eigenvalue weighted by molar-refractivity contribution is 7.90. The van der Waals surface area contributed by atoms with Gasteiger partial charge in [-0.15, -0.1) is 0 Å². The van der Waals surface area contributed by atoms with Crippen LogP contribution >= 0.6 is 0 Å². The molecule has 1 aliphatic rings. The fourth-order valence-electron chi connectivity index (χ4n) is 2.28. The summed E-state index contributed by atoms with van der Waals surface area (Å²) >= 11 is 0. The maximum Gasteiger partial charge on any atom is 0.175 e. The molecular weight excluding hydrogens is 274 g/mol. The number of fused-ring (bicyclic) bond motifs is 1. The lowest BCUT2D eigenvalue weighted by Crippen LogP contribution is -2.11. The molecule has 4 nitrogen and oxygen atoms in total. The van der Waals surface area contributed by atoms with Gasteiger partial charge in [0.05, 0.1) is 10.9 Å². The first kappa shape index (κ1) is 13.0. The van der Waals surface area contributed by atoms with E-state index in [0.717, 1.165) is 17.0 Å². The molecule has 0 spiro atoms. The Kier molecular flexibility index (Phi) is 3.14. The van der Waals surface area contributed by atoms with E-state index in [-0.39, 0.29) is 6.04 Å². The second kappa shape index (κ2) is 4.83. The minimum absolute atomic E-state index is 0.0929. The smallest absolute Gasteiger partial charge is 0.175 e. The molecule has 0 amide bonds. The molecule has 1 heterocycles. The third-order valence-corrected chi connectivity index (χ3v) is 4.45. The van der Waals surface area contributed by atoms with E-state index in [2.05, 4.69) is 5.32 Å². The number of ether oxygens (including phenoxy) is 1. The van der Waals surface area contributed by atoms with Gasteiger partial charge in [0.2, 0.25) is 0 Å². The lowest BCUT2D eigenvalue weighted by molar-refractivity contribution is 0.340. The Balaban J connectivity index is 1.80. The topological polar surface area (TPSA) is 55.4 Å². The van der Waals surface area contributed by atoms with Gasteiger partial charge < -0.3 is 10.1 Å². The Morgan fingerprint density at radius 3 is 2.50 bits per heavy atom. The Bertz CT molecular complexity index is 723. The summed E-state index contributed by atoms with van der Waals surface area (Å²) < 4.78 is 28.4. The van der Waals surface area contributed by atoms with Crippen LogP contribution in [-0.4, -0.2) is 21.3 Å². The van der Waals surface area contributed by atoms with Crippen LogP contribution in [0.1, 0.15) is 11.6 Å². The van der Waals surface area contributed by atoms with Crippen molar-refractivity contribution < 1.29 is 13.2 Å². The van der Waals surface area contributed by atoms with E-state index in [1.165, 1.54) is 6.26 Å². The number of para-hydroxylation sites is 1. The summed E-state index contributed by atoms with van der Waals surface area (Å²) in [6.45, 7) is 0.577. The molecule has 1 aliphatic heterocycles. The predicted molar refractivity (Wildman–Crippen MR) is 77.9 cm³/mol. The summed E-state index contributed by atoms with van der Waals surface area (Å²) in [6.07, 6.45) is 1.20. The number of hydrogen-bond acceptors (Lipinski definition) is 4. The first-order valence-corrected chi connectivity index (χ1v) is 8.21. The van der Waals surface area contributed by atoms with Crippen molar-refractivity contribution in [3.63, 3.8) is 0 Å². The highest BCUT2D eigenvalue weighted by atomic mass is 32.2. The standard InChI is InChI=1S/C15H15NO3S/c1-20(17,18)12-8-6-11(7-9-12)16-14-10-19-15-5-3-2-4-13(14)15/h2-9,14,16H,10H2,1H3. The largest absolute Gasteiger partial charge is 0.491 e. The number of rotatable bonds is 3. The van der Waals surface area contributed by atoms with E-state index in [9.17, 15) is 8.42 Å². The van der Waals surface area contributed by atoms with Crippen LogP contribution in [0.3, 0.4) is 0 Å². The van der Waals surface area contributed by atoms with Crippen LogP contribution in [-0.2, 0) is 9.84 Å². The summed E-state index contributed by atoms with van der Waals surface area (Å²) in [7, 11) is -3.15. The van der Waals surface area contributed by atoms with Gasteiger partial charge in [-0.2, -0.15) is 0 Å². The van der Waals surface area contributed by atoms with Crippen molar-refractivity contribution in [1.82, 2.24) is 0 Å². The van der Waals surface area contributed by atoms with Crippen LogP contribution in [0, 0.1) is 0 Å². The monoisotopic (exact) mass is 289 g/mol. The van der Waals surface area contributed by atoms with Gasteiger partial charge in [-0.05, 0) is 30.3 Å². The van der Waals surface area contributed by atoms with Gasteiger partial charge in [0, 0.05) is 17.5 Å². The molecule has 0 saturated heterocycles. The molecule has 5 heteroatoms. The second-order valence-electron chi connectivity index (χ2n) is 4.84. The quantitative estimate of drug-likeness (QED) is 0.943. The maximum atomic E-state index is 11.4. The van der Waals surface area contributed by atoms with Gasteiger partial charge in [0.1, 0.15) is 12.4 Å². The van der Waals surface area contributed by atoms with E-state index >= 15 is 0 Å². The first-order valence-electron chi connectivity index (χ1n) is 6.32. The minimum atomic E-state index is -3.15. The van der Waals surface area contributed by atoms with Crippen LogP contribution in [0.15, 0.2) is 53.4 Å². The van der Waals surface area contributed by atoms with Crippen molar-refractivity contribution >= 4 is 15.5 Å². The Morgan fingerprint density at radius 1 is 1.10 bits per heavy atom. The predicted octanol–water partition coefficient (Wildman–Crippen LogP) is 2.64. The van der Waals surface area contributed by atoms with E-state index in [0.29, 0.717) is 11.5 Å². The van der Waals surface area contributed by atoms with Gasteiger partial charge in [-0.1, -0.05) is 18.2 Å². The van der Waals surface area contributed by atoms with Crippen molar-refractivity contribution in [3.8, 4) is 5.75 Å². The van der Waals surface area contributed by atoms with Crippen molar-refractivity contribution in [2.45, 2.75) is 10.9 Å². The molecule has 2 aromatic rings. The molecule has 0 saturated carbocycles. The number of sulfone groups is 1. The van der Waals surface area contributed by atoms with Crippen LogP contribution in [0.5, 0.6) is 5.75 Å². The molecule has 0 fully saturated rings. The average Bonchev–Trinajstić information content (AvgIpc) is 2.82. The van der Waals surface area contributed by atoms with Gasteiger partial charge in [-0.25, -0.2) is 8.42 Å². The summed E-state index contributed by atoms with van der Waals surface area (Å²) in [6, 6.07) is 14.8. The SMILES string of the molecule is CS(=O)(=O)c1ccc(NC2COc3ccccc32)cc1. The molecule has 1 N–H and O–H groups in total. The molecule has 104 valence electrons.